The third-order valence-electron chi connectivity index (χ3n) is 4.41. The Balaban J connectivity index is 1.51. The lowest BCUT2D eigenvalue weighted by Gasteiger charge is -2.08. The van der Waals surface area contributed by atoms with E-state index in [1.807, 2.05) is 66.1 Å². The maximum Gasteiger partial charge on any atom is 0.340 e. The van der Waals surface area contributed by atoms with E-state index in [1.54, 1.807) is 6.20 Å². The van der Waals surface area contributed by atoms with E-state index in [1.165, 1.54) is 0 Å². The number of ether oxygens (including phenoxy) is 1. The number of aryl methyl sites for hydroxylation is 1. The van der Waals surface area contributed by atoms with Crippen molar-refractivity contribution in [1.29, 1.82) is 0 Å². The van der Waals surface area contributed by atoms with Crippen LogP contribution >= 0.6 is 0 Å². The maximum atomic E-state index is 12.7. The molecular formula is C21H20N6O2. The van der Waals surface area contributed by atoms with Crippen LogP contribution < -0.4 is 11.1 Å². The van der Waals surface area contributed by atoms with E-state index in [9.17, 15) is 4.79 Å². The van der Waals surface area contributed by atoms with Crippen molar-refractivity contribution in [3.8, 4) is 0 Å². The molecule has 0 saturated heterocycles. The Morgan fingerprint density at radius 3 is 2.62 bits per heavy atom. The van der Waals surface area contributed by atoms with Gasteiger partial charge in [-0.15, -0.1) is 0 Å². The minimum Gasteiger partial charge on any atom is -0.454 e. The van der Waals surface area contributed by atoms with Gasteiger partial charge in [0, 0.05) is 29.3 Å². The molecule has 4 aromatic rings. The molecule has 0 spiro atoms. The van der Waals surface area contributed by atoms with Crippen molar-refractivity contribution in [2.45, 2.75) is 20.1 Å². The van der Waals surface area contributed by atoms with Gasteiger partial charge in [-0.2, -0.15) is 15.0 Å². The smallest absolute Gasteiger partial charge is 0.340 e. The summed E-state index contributed by atoms with van der Waals surface area (Å²) in [5.41, 5.74) is 8.09. The molecule has 146 valence electrons. The highest BCUT2D eigenvalue weighted by Crippen LogP contribution is 2.22. The normalized spacial score (nSPS) is 10.8. The monoisotopic (exact) mass is 388 g/mol. The fraction of sp³-hybridized carbons (Fsp3) is 0.143. The first-order chi connectivity index (χ1) is 14.1. The number of hydrogen-bond donors (Lipinski definition) is 2. The molecule has 0 aliphatic carbocycles. The zero-order valence-electron chi connectivity index (χ0n) is 15.9. The van der Waals surface area contributed by atoms with Gasteiger partial charge >= 0.3 is 5.97 Å². The van der Waals surface area contributed by atoms with E-state index >= 15 is 0 Å². The van der Waals surface area contributed by atoms with E-state index in [-0.39, 0.29) is 24.3 Å². The van der Waals surface area contributed by atoms with Gasteiger partial charge in [0.05, 0.1) is 5.56 Å². The molecule has 29 heavy (non-hydrogen) atoms. The molecule has 0 radical (unpaired) electrons. The largest absolute Gasteiger partial charge is 0.454 e. The zero-order valence-corrected chi connectivity index (χ0v) is 15.9. The third-order valence-corrected chi connectivity index (χ3v) is 4.41. The number of para-hydroxylation sites is 2. The Kier molecular flexibility index (Phi) is 5.07. The molecule has 0 unspecified atom stereocenters. The number of nitrogens with two attached hydrogens (primary N) is 1. The van der Waals surface area contributed by atoms with Crippen LogP contribution in [0, 0.1) is 0 Å². The molecule has 0 fully saturated rings. The Bertz CT molecular complexity index is 1160. The molecule has 2 heterocycles. The molecular weight excluding hydrogens is 368 g/mol. The molecule has 2 aromatic carbocycles. The lowest BCUT2D eigenvalue weighted by molar-refractivity contribution is 0.0464. The number of nitrogen functional groups attached to an aromatic ring is 1. The molecule has 2 aromatic heterocycles. The molecule has 8 heteroatoms. The Morgan fingerprint density at radius 2 is 1.83 bits per heavy atom. The zero-order chi connectivity index (χ0) is 20.2. The highest BCUT2D eigenvalue weighted by molar-refractivity contribution is 6.04. The number of carbonyl (C=O) groups excluding carboxylic acids is 1. The Hall–Kier alpha value is -3.94. The fourth-order valence-corrected chi connectivity index (χ4v) is 3.09. The molecule has 3 N–H and O–H groups in total. The summed E-state index contributed by atoms with van der Waals surface area (Å²) < 4.78 is 7.46. The first-order valence-corrected chi connectivity index (χ1v) is 9.21. The SMILES string of the molecule is CCn1cc(C(=O)OCc2nc(N)nc(Nc3ccccc3)n2)c2ccccc21. The van der Waals surface area contributed by atoms with Crippen LogP contribution in [0.2, 0.25) is 0 Å². The average molecular weight is 388 g/mol. The van der Waals surface area contributed by atoms with Crippen molar-refractivity contribution in [2.75, 3.05) is 11.1 Å². The number of hydrogen-bond acceptors (Lipinski definition) is 7. The van der Waals surface area contributed by atoms with Gasteiger partial charge in [0.1, 0.15) is 0 Å². The third kappa shape index (κ3) is 4.01. The number of benzene rings is 2. The van der Waals surface area contributed by atoms with E-state index in [2.05, 4.69) is 20.3 Å². The van der Waals surface area contributed by atoms with Crippen LogP contribution in [0.3, 0.4) is 0 Å². The molecule has 0 bridgehead atoms. The average Bonchev–Trinajstić information content (AvgIpc) is 3.11. The van der Waals surface area contributed by atoms with Crippen molar-refractivity contribution in [3.05, 3.63) is 72.2 Å². The molecule has 0 aliphatic heterocycles. The summed E-state index contributed by atoms with van der Waals surface area (Å²) in [6.07, 6.45) is 1.80. The van der Waals surface area contributed by atoms with Gasteiger partial charge in [-0.25, -0.2) is 4.79 Å². The Morgan fingerprint density at radius 1 is 1.07 bits per heavy atom. The number of rotatable bonds is 6. The van der Waals surface area contributed by atoms with Gasteiger partial charge in [-0.1, -0.05) is 36.4 Å². The van der Waals surface area contributed by atoms with Gasteiger partial charge in [-0.05, 0) is 25.1 Å². The van der Waals surface area contributed by atoms with Crippen molar-refractivity contribution in [3.63, 3.8) is 0 Å². The highest BCUT2D eigenvalue weighted by atomic mass is 16.5. The quantitative estimate of drug-likeness (QED) is 0.486. The molecule has 4 rings (SSSR count). The second kappa shape index (κ2) is 7.97. The van der Waals surface area contributed by atoms with Gasteiger partial charge in [0.15, 0.2) is 12.4 Å². The highest BCUT2D eigenvalue weighted by Gasteiger charge is 2.16. The van der Waals surface area contributed by atoms with Gasteiger partial charge in [-0.3, -0.25) is 0 Å². The molecule has 0 atom stereocenters. The van der Waals surface area contributed by atoms with Crippen LogP contribution in [0.5, 0.6) is 0 Å². The number of nitrogens with one attached hydrogen (secondary N) is 1. The number of carbonyl (C=O) groups is 1. The number of esters is 1. The second-order valence-electron chi connectivity index (χ2n) is 6.35. The molecule has 0 amide bonds. The summed E-state index contributed by atoms with van der Waals surface area (Å²) in [4.78, 5) is 25.1. The summed E-state index contributed by atoms with van der Waals surface area (Å²) in [5, 5.41) is 3.90. The number of nitrogens with zero attached hydrogens (tertiary/aromatic N) is 4. The second-order valence-corrected chi connectivity index (χ2v) is 6.35. The van der Waals surface area contributed by atoms with Crippen molar-refractivity contribution in [2.24, 2.45) is 0 Å². The van der Waals surface area contributed by atoms with E-state index in [4.69, 9.17) is 10.5 Å². The summed E-state index contributed by atoms with van der Waals surface area (Å²) in [6.45, 7) is 2.67. The maximum absolute atomic E-state index is 12.7. The number of aromatic nitrogens is 4. The summed E-state index contributed by atoms with van der Waals surface area (Å²) in [6, 6.07) is 17.2. The van der Waals surface area contributed by atoms with Crippen LogP contribution in [0.25, 0.3) is 10.9 Å². The molecule has 8 nitrogen and oxygen atoms in total. The standard InChI is InChI=1S/C21H20N6O2/c1-2-27-12-16(15-10-6-7-11-17(15)27)19(28)29-13-18-24-20(22)26-21(25-18)23-14-8-4-3-5-9-14/h3-12H,2,13H2,1H3,(H3,22,23,24,25,26). The summed E-state index contributed by atoms with van der Waals surface area (Å²) in [7, 11) is 0. The van der Waals surface area contributed by atoms with Crippen molar-refractivity contribution >= 4 is 34.5 Å². The van der Waals surface area contributed by atoms with E-state index < -0.39 is 5.97 Å². The van der Waals surface area contributed by atoms with E-state index in [0.717, 1.165) is 23.1 Å². The van der Waals surface area contributed by atoms with Crippen molar-refractivity contribution < 1.29 is 9.53 Å². The van der Waals surface area contributed by atoms with Crippen LogP contribution in [-0.2, 0) is 17.9 Å². The van der Waals surface area contributed by atoms with Gasteiger partial charge in [0.25, 0.3) is 0 Å². The Labute approximate surface area is 167 Å². The molecule has 0 aliphatic rings. The topological polar surface area (TPSA) is 108 Å². The van der Waals surface area contributed by atoms with Gasteiger partial charge < -0.3 is 20.4 Å². The predicted molar refractivity (Wildman–Crippen MR) is 111 cm³/mol. The van der Waals surface area contributed by atoms with Gasteiger partial charge in [0.2, 0.25) is 11.9 Å². The first-order valence-electron chi connectivity index (χ1n) is 9.21. The number of anilines is 3. The van der Waals surface area contributed by atoms with Crippen molar-refractivity contribution in [1.82, 2.24) is 19.5 Å². The van der Waals surface area contributed by atoms with Crippen LogP contribution in [0.15, 0.2) is 60.8 Å². The van der Waals surface area contributed by atoms with Crippen LogP contribution in [0.1, 0.15) is 23.1 Å². The van der Waals surface area contributed by atoms with E-state index in [0.29, 0.717) is 5.56 Å². The fourth-order valence-electron chi connectivity index (χ4n) is 3.09. The minimum atomic E-state index is -0.440. The summed E-state index contributed by atoms with van der Waals surface area (Å²) in [5.74, 6) is 0.165. The lowest BCUT2D eigenvalue weighted by atomic mass is 10.2. The van der Waals surface area contributed by atoms with Crippen LogP contribution in [-0.4, -0.2) is 25.5 Å². The predicted octanol–water partition coefficient (Wildman–Crippen LogP) is 3.53. The minimum absolute atomic E-state index is 0.0482. The molecule has 0 saturated carbocycles. The lowest BCUT2D eigenvalue weighted by Crippen LogP contribution is -2.11. The number of fused-ring (bicyclic) bond motifs is 1. The first kappa shape index (κ1) is 18.4. The van der Waals surface area contributed by atoms with Crippen LogP contribution in [0.4, 0.5) is 17.6 Å². The summed E-state index contributed by atoms with van der Waals surface area (Å²) >= 11 is 0.